The summed E-state index contributed by atoms with van der Waals surface area (Å²) in [6, 6.07) is 10.7. The minimum Gasteiger partial charge on any atom is -0.497 e. The number of hydrogen-bond acceptors (Lipinski definition) is 3. The van der Waals surface area contributed by atoms with Crippen molar-refractivity contribution in [3.05, 3.63) is 57.6 Å². The molecule has 1 aliphatic heterocycles. The van der Waals surface area contributed by atoms with Crippen molar-refractivity contribution >= 4 is 23.2 Å². The van der Waals surface area contributed by atoms with Gasteiger partial charge in [0, 0.05) is 22.0 Å². The first-order valence-electron chi connectivity index (χ1n) is 6.55. The topological polar surface area (TPSA) is 38.7 Å². The van der Waals surface area contributed by atoms with Gasteiger partial charge in [0.05, 0.1) is 13.2 Å². The predicted octanol–water partition coefficient (Wildman–Crippen LogP) is 4.56. The highest BCUT2D eigenvalue weighted by Crippen LogP contribution is 2.42. The summed E-state index contributed by atoms with van der Waals surface area (Å²) in [6.45, 7) is 0. The lowest BCUT2D eigenvalue weighted by molar-refractivity contribution is 0.0654. The van der Waals surface area contributed by atoms with Crippen molar-refractivity contribution in [3.63, 3.8) is 0 Å². The lowest BCUT2D eigenvalue weighted by Crippen LogP contribution is -2.19. The third-order valence-electron chi connectivity index (χ3n) is 3.54. The zero-order valence-electron chi connectivity index (χ0n) is 11.3. The molecular formula is C16H14Cl2O3. The van der Waals surface area contributed by atoms with Gasteiger partial charge >= 0.3 is 0 Å². The lowest BCUT2D eigenvalue weighted by Gasteiger charge is -2.30. The Kier molecular flexibility index (Phi) is 3.98. The van der Waals surface area contributed by atoms with Crippen LogP contribution >= 0.6 is 23.2 Å². The second kappa shape index (κ2) is 5.76. The number of ether oxygens (including phenoxy) is 2. The van der Waals surface area contributed by atoms with Gasteiger partial charge < -0.3 is 14.6 Å². The number of halogens is 2. The summed E-state index contributed by atoms with van der Waals surface area (Å²) in [7, 11) is 1.59. The average Bonchev–Trinajstić information content (AvgIpc) is 2.46. The molecule has 0 bridgehead atoms. The molecule has 0 aliphatic carbocycles. The fourth-order valence-electron chi connectivity index (χ4n) is 2.52. The van der Waals surface area contributed by atoms with Crippen LogP contribution in [0.4, 0.5) is 0 Å². The summed E-state index contributed by atoms with van der Waals surface area (Å²) in [5, 5.41) is 11.5. The van der Waals surface area contributed by atoms with Gasteiger partial charge in [-0.15, -0.1) is 0 Å². The summed E-state index contributed by atoms with van der Waals surface area (Å²) < 4.78 is 11.1. The van der Waals surface area contributed by atoms with Gasteiger partial charge in [-0.2, -0.15) is 0 Å². The van der Waals surface area contributed by atoms with Crippen molar-refractivity contribution in [2.24, 2.45) is 0 Å². The molecule has 2 aromatic carbocycles. The smallest absolute Gasteiger partial charge is 0.127 e. The largest absolute Gasteiger partial charge is 0.497 e. The van der Waals surface area contributed by atoms with Gasteiger partial charge in [0.2, 0.25) is 0 Å². The van der Waals surface area contributed by atoms with E-state index in [2.05, 4.69) is 0 Å². The van der Waals surface area contributed by atoms with E-state index in [9.17, 15) is 5.11 Å². The Morgan fingerprint density at radius 2 is 1.86 bits per heavy atom. The number of rotatable bonds is 2. The monoisotopic (exact) mass is 324 g/mol. The van der Waals surface area contributed by atoms with Crippen LogP contribution in [0, 0.1) is 0 Å². The van der Waals surface area contributed by atoms with Crippen molar-refractivity contribution in [2.45, 2.75) is 18.6 Å². The molecule has 0 saturated heterocycles. The highest BCUT2D eigenvalue weighted by atomic mass is 35.5. The molecule has 21 heavy (non-hydrogen) atoms. The zero-order valence-corrected chi connectivity index (χ0v) is 12.9. The van der Waals surface area contributed by atoms with Gasteiger partial charge in [0.1, 0.15) is 17.6 Å². The van der Waals surface area contributed by atoms with Gasteiger partial charge in [-0.25, -0.2) is 0 Å². The summed E-state index contributed by atoms with van der Waals surface area (Å²) in [4.78, 5) is 0. The van der Waals surface area contributed by atoms with E-state index in [-0.39, 0.29) is 6.10 Å². The van der Waals surface area contributed by atoms with Crippen LogP contribution in [0.1, 0.15) is 29.8 Å². The fraction of sp³-hybridized carbons (Fsp3) is 0.250. The second-order valence-electron chi connectivity index (χ2n) is 4.96. The molecule has 1 unspecified atom stereocenters. The third-order valence-corrected chi connectivity index (χ3v) is 3.98. The molecule has 1 aliphatic rings. The Morgan fingerprint density at radius 1 is 1.14 bits per heavy atom. The van der Waals surface area contributed by atoms with Gasteiger partial charge in [-0.3, -0.25) is 0 Å². The number of hydrogen-bond donors (Lipinski definition) is 1. The molecule has 3 rings (SSSR count). The van der Waals surface area contributed by atoms with Crippen molar-refractivity contribution in [2.75, 3.05) is 7.11 Å². The maximum Gasteiger partial charge on any atom is 0.127 e. The van der Waals surface area contributed by atoms with E-state index in [0.29, 0.717) is 28.0 Å². The number of methoxy groups -OCH3 is 1. The first-order valence-corrected chi connectivity index (χ1v) is 7.31. The Hall–Kier alpha value is -1.42. The van der Waals surface area contributed by atoms with Gasteiger partial charge in [0.25, 0.3) is 0 Å². The first-order chi connectivity index (χ1) is 10.1. The molecule has 2 atom stereocenters. The third kappa shape index (κ3) is 2.95. The van der Waals surface area contributed by atoms with Gasteiger partial charge in [-0.05, 0) is 42.0 Å². The normalized spacial score (nSPS) is 20.6. The van der Waals surface area contributed by atoms with E-state index in [4.69, 9.17) is 32.7 Å². The summed E-state index contributed by atoms with van der Waals surface area (Å²) in [6.07, 6.45) is -0.458. The second-order valence-corrected chi connectivity index (χ2v) is 5.84. The average molecular weight is 325 g/mol. The molecule has 0 radical (unpaired) electrons. The molecule has 2 aromatic rings. The number of fused-ring (bicyclic) bond motifs is 1. The molecule has 5 heteroatoms. The Labute approximate surface area is 133 Å². The summed E-state index contributed by atoms with van der Waals surface area (Å²) in [5.74, 6) is 1.34. The minimum atomic E-state index is -0.619. The van der Waals surface area contributed by atoms with Crippen molar-refractivity contribution < 1.29 is 14.6 Å². The molecule has 0 saturated carbocycles. The summed E-state index contributed by atoms with van der Waals surface area (Å²) in [5.41, 5.74) is 1.59. The first kappa shape index (κ1) is 14.5. The van der Waals surface area contributed by atoms with E-state index < -0.39 is 6.10 Å². The standard InChI is InChI=1S/C16H14Cl2O3/c1-20-12-2-3-15-13(7-12)14(19)8-16(21-15)9-4-10(17)6-11(18)5-9/h2-7,14,16,19H,8H2,1H3/t14-,16?/m0/s1. The van der Waals surface area contributed by atoms with E-state index in [1.807, 2.05) is 0 Å². The quantitative estimate of drug-likeness (QED) is 0.880. The fourth-order valence-corrected chi connectivity index (χ4v) is 3.06. The molecule has 0 aromatic heterocycles. The molecule has 0 spiro atoms. The van der Waals surface area contributed by atoms with Crippen LogP contribution in [0.25, 0.3) is 0 Å². The van der Waals surface area contributed by atoms with Crippen LogP contribution < -0.4 is 9.47 Å². The Balaban J connectivity index is 1.94. The van der Waals surface area contributed by atoms with Crippen molar-refractivity contribution in [1.82, 2.24) is 0 Å². The molecule has 1 N–H and O–H groups in total. The van der Waals surface area contributed by atoms with Gasteiger partial charge in [0.15, 0.2) is 0 Å². The van der Waals surface area contributed by atoms with Gasteiger partial charge in [-0.1, -0.05) is 23.2 Å². The van der Waals surface area contributed by atoms with Crippen LogP contribution in [0.5, 0.6) is 11.5 Å². The number of aliphatic hydroxyl groups excluding tert-OH is 1. The molecule has 110 valence electrons. The van der Waals surface area contributed by atoms with E-state index in [1.54, 1.807) is 43.5 Å². The highest BCUT2D eigenvalue weighted by Gasteiger charge is 2.28. The molecule has 0 amide bonds. The van der Waals surface area contributed by atoms with Crippen LogP contribution in [0.15, 0.2) is 36.4 Å². The minimum absolute atomic E-state index is 0.280. The van der Waals surface area contributed by atoms with Crippen LogP contribution in [0.2, 0.25) is 10.0 Å². The molecular weight excluding hydrogens is 311 g/mol. The Bertz CT molecular complexity index is 652. The highest BCUT2D eigenvalue weighted by molar-refractivity contribution is 6.34. The van der Waals surface area contributed by atoms with Crippen LogP contribution in [0.3, 0.4) is 0 Å². The maximum atomic E-state index is 10.4. The van der Waals surface area contributed by atoms with Crippen molar-refractivity contribution in [3.8, 4) is 11.5 Å². The Morgan fingerprint density at radius 3 is 2.52 bits per heavy atom. The molecule has 0 fully saturated rings. The van der Waals surface area contributed by atoms with E-state index in [0.717, 1.165) is 11.1 Å². The SMILES string of the molecule is COc1ccc2c(c1)[C@@H](O)CC(c1cc(Cl)cc(Cl)c1)O2. The lowest BCUT2D eigenvalue weighted by atomic mass is 9.95. The van der Waals surface area contributed by atoms with E-state index >= 15 is 0 Å². The molecule has 1 heterocycles. The van der Waals surface area contributed by atoms with Crippen LogP contribution in [-0.4, -0.2) is 12.2 Å². The maximum absolute atomic E-state index is 10.4. The summed E-state index contributed by atoms with van der Waals surface area (Å²) >= 11 is 12.1. The number of aliphatic hydroxyl groups is 1. The number of benzene rings is 2. The van der Waals surface area contributed by atoms with Crippen LogP contribution in [-0.2, 0) is 0 Å². The zero-order chi connectivity index (χ0) is 15.0. The molecule has 3 nitrogen and oxygen atoms in total. The predicted molar refractivity (Wildman–Crippen MR) is 82.4 cm³/mol. The van der Waals surface area contributed by atoms with Crippen molar-refractivity contribution in [1.29, 1.82) is 0 Å². The van der Waals surface area contributed by atoms with E-state index in [1.165, 1.54) is 0 Å².